The quantitative estimate of drug-likeness (QED) is 0.820. The summed E-state index contributed by atoms with van der Waals surface area (Å²) in [4.78, 5) is 0. The van der Waals surface area contributed by atoms with Gasteiger partial charge in [-0.15, -0.1) is 0 Å². The normalized spacial score (nSPS) is 29.3. The molecule has 2 fully saturated rings. The molecule has 0 aromatic heterocycles. The van der Waals surface area contributed by atoms with E-state index in [-0.39, 0.29) is 5.54 Å². The van der Waals surface area contributed by atoms with Crippen LogP contribution in [-0.2, 0) is 5.54 Å². The lowest BCUT2D eigenvalue weighted by Crippen LogP contribution is -2.51. The van der Waals surface area contributed by atoms with Gasteiger partial charge in [-0.05, 0) is 57.1 Å². The van der Waals surface area contributed by atoms with E-state index in [4.69, 9.17) is 0 Å². The summed E-state index contributed by atoms with van der Waals surface area (Å²) in [6.45, 7) is 3.38. The molecule has 3 rings (SSSR count). The predicted octanol–water partition coefficient (Wildman–Crippen LogP) is 4.54. The van der Waals surface area contributed by atoms with E-state index in [1.165, 1.54) is 63.5 Å². The molecule has 1 N–H and O–H groups in total. The third-order valence-corrected chi connectivity index (χ3v) is 5.31. The van der Waals surface area contributed by atoms with Crippen molar-refractivity contribution in [2.24, 2.45) is 5.92 Å². The molecule has 1 saturated heterocycles. The van der Waals surface area contributed by atoms with Crippen molar-refractivity contribution in [3.05, 3.63) is 35.4 Å². The second-order valence-electron chi connectivity index (χ2n) is 6.56. The summed E-state index contributed by atoms with van der Waals surface area (Å²) < 4.78 is 0. The number of piperidine rings is 1. The maximum Gasteiger partial charge on any atom is 0.0463 e. The van der Waals surface area contributed by atoms with Gasteiger partial charge in [0.1, 0.15) is 0 Å². The van der Waals surface area contributed by atoms with Crippen molar-refractivity contribution in [3.63, 3.8) is 0 Å². The van der Waals surface area contributed by atoms with Crippen LogP contribution in [0.5, 0.6) is 0 Å². The van der Waals surface area contributed by atoms with E-state index >= 15 is 0 Å². The van der Waals surface area contributed by atoms with Crippen LogP contribution in [0.1, 0.15) is 62.5 Å². The molecule has 0 spiro atoms. The molecule has 2 aliphatic rings. The van der Waals surface area contributed by atoms with E-state index in [2.05, 4.69) is 36.5 Å². The third kappa shape index (κ3) is 2.58. The van der Waals surface area contributed by atoms with E-state index in [0.717, 1.165) is 5.92 Å². The van der Waals surface area contributed by atoms with Gasteiger partial charge >= 0.3 is 0 Å². The summed E-state index contributed by atoms with van der Waals surface area (Å²) in [5.74, 6) is 0.851. The van der Waals surface area contributed by atoms with Crippen LogP contribution in [0.2, 0.25) is 0 Å². The smallest absolute Gasteiger partial charge is 0.0463 e. The summed E-state index contributed by atoms with van der Waals surface area (Å²) in [6.07, 6.45) is 11.2. The molecule has 19 heavy (non-hydrogen) atoms. The minimum atomic E-state index is 0.284. The van der Waals surface area contributed by atoms with Crippen molar-refractivity contribution < 1.29 is 0 Å². The van der Waals surface area contributed by atoms with E-state index in [1.54, 1.807) is 5.56 Å². The fourth-order valence-corrected chi connectivity index (χ4v) is 4.21. The molecule has 1 heterocycles. The van der Waals surface area contributed by atoms with Gasteiger partial charge in [-0.3, -0.25) is 0 Å². The Bertz CT molecular complexity index is 394. The Hall–Kier alpha value is -0.820. The molecule has 1 nitrogen and oxygen atoms in total. The van der Waals surface area contributed by atoms with Crippen molar-refractivity contribution in [1.29, 1.82) is 0 Å². The first-order chi connectivity index (χ1) is 9.31. The molecular formula is C18H27N. The zero-order chi connectivity index (χ0) is 13.1. The number of aryl methyl sites for hydroxylation is 1. The van der Waals surface area contributed by atoms with E-state index in [9.17, 15) is 0 Å². The summed E-state index contributed by atoms with van der Waals surface area (Å²) in [5, 5.41) is 3.94. The van der Waals surface area contributed by atoms with Crippen molar-refractivity contribution in [3.8, 4) is 0 Å². The molecule has 104 valence electrons. The Morgan fingerprint density at radius 3 is 2.32 bits per heavy atom. The van der Waals surface area contributed by atoms with Gasteiger partial charge in [-0.25, -0.2) is 0 Å². The highest BCUT2D eigenvalue weighted by atomic mass is 15.0. The molecular weight excluding hydrogens is 230 g/mol. The van der Waals surface area contributed by atoms with Gasteiger partial charge in [0, 0.05) is 5.54 Å². The summed E-state index contributed by atoms with van der Waals surface area (Å²) in [7, 11) is 0. The van der Waals surface area contributed by atoms with Gasteiger partial charge in [-0.2, -0.15) is 0 Å². The number of rotatable bonds is 2. The Kier molecular flexibility index (Phi) is 3.93. The Labute approximate surface area is 117 Å². The molecule has 1 atom stereocenters. The van der Waals surface area contributed by atoms with Crippen molar-refractivity contribution in [2.45, 2.75) is 63.8 Å². The number of hydrogen-bond acceptors (Lipinski definition) is 1. The average Bonchev–Trinajstić information content (AvgIpc) is 2.49. The zero-order valence-electron chi connectivity index (χ0n) is 12.3. The van der Waals surface area contributed by atoms with Crippen molar-refractivity contribution in [1.82, 2.24) is 5.32 Å². The van der Waals surface area contributed by atoms with Gasteiger partial charge in [0.2, 0.25) is 0 Å². The molecule has 1 aliphatic heterocycles. The van der Waals surface area contributed by atoms with Crippen LogP contribution in [0.3, 0.4) is 0 Å². The summed E-state index contributed by atoms with van der Waals surface area (Å²) in [5.41, 5.74) is 3.20. The Morgan fingerprint density at radius 2 is 1.68 bits per heavy atom. The minimum absolute atomic E-state index is 0.284. The van der Waals surface area contributed by atoms with Gasteiger partial charge in [0.25, 0.3) is 0 Å². The number of nitrogens with one attached hydrogen (secondary N) is 1. The van der Waals surface area contributed by atoms with Gasteiger partial charge in [0.05, 0.1) is 0 Å². The van der Waals surface area contributed by atoms with Crippen LogP contribution in [0.4, 0.5) is 0 Å². The number of benzene rings is 1. The molecule has 1 unspecified atom stereocenters. The van der Waals surface area contributed by atoms with Gasteiger partial charge in [-0.1, -0.05) is 49.1 Å². The molecule has 1 aromatic rings. The topological polar surface area (TPSA) is 12.0 Å². The second kappa shape index (κ2) is 5.66. The lowest BCUT2D eigenvalue weighted by molar-refractivity contribution is 0.124. The zero-order valence-corrected chi connectivity index (χ0v) is 12.3. The Morgan fingerprint density at radius 1 is 0.947 bits per heavy atom. The Balaban J connectivity index is 1.93. The van der Waals surface area contributed by atoms with Gasteiger partial charge < -0.3 is 5.32 Å². The number of hydrogen-bond donors (Lipinski definition) is 1. The highest BCUT2D eigenvalue weighted by Crippen LogP contribution is 2.44. The van der Waals surface area contributed by atoms with Gasteiger partial charge in [0.15, 0.2) is 0 Å². The largest absolute Gasteiger partial charge is 0.307 e. The molecule has 0 radical (unpaired) electrons. The van der Waals surface area contributed by atoms with E-state index in [1.807, 2.05) is 0 Å². The maximum absolute atomic E-state index is 3.94. The molecule has 1 heteroatoms. The SMILES string of the molecule is Cc1ccc(C2(C3CCCCC3)CCCCN2)cc1. The first-order valence-corrected chi connectivity index (χ1v) is 8.13. The first-order valence-electron chi connectivity index (χ1n) is 8.13. The van der Waals surface area contributed by atoms with Crippen molar-refractivity contribution >= 4 is 0 Å². The fourth-order valence-electron chi connectivity index (χ4n) is 4.21. The van der Waals surface area contributed by atoms with Crippen LogP contribution in [0.15, 0.2) is 24.3 Å². The second-order valence-corrected chi connectivity index (χ2v) is 6.56. The average molecular weight is 257 g/mol. The van der Waals surface area contributed by atoms with Crippen LogP contribution in [-0.4, -0.2) is 6.54 Å². The fraction of sp³-hybridized carbons (Fsp3) is 0.667. The first kappa shape index (κ1) is 13.2. The standard InChI is InChI=1S/C18H27N/c1-15-9-11-17(12-10-15)18(13-5-6-14-19-18)16-7-3-2-4-8-16/h9-12,16,19H,2-8,13-14H2,1H3. The molecule has 0 bridgehead atoms. The third-order valence-electron chi connectivity index (χ3n) is 5.31. The van der Waals surface area contributed by atoms with Crippen molar-refractivity contribution in [2.75, 3.05) is 6.54 Å². The molecule has 1 aliphatic carbocycles. The van der Waals surface area contributed by atoms with E-state index in [0.29, 0.717) is 0 Å². The minimum Gasteiger partial charge on any atom is -0.307 e. The van der Waals surface area contributed by atoms with Crippen LogP contribution in [0, 0.1) is 12.8 Å². The van der Waals surface area contributed by atoms with E-state index < -0.39 is 0 Å². The molecule has 1 aromatic carbocycles. The highest BCUT2D eigenvalue weighted by molar-refractivity contribution is 5.29. The summed E-state index contributed by atoms with van der Waals surface area (Å²) >= 11 is 0. The lowest BCUT2D eigenvalue weighted by atomic mass is 9.67. The monoisotopic (exact) mass is 257 g/mol. The molecule has 0 amide bonds. The van der Waals surface area contributed by atoms with Crippen LogP contribution >= 0.6 is 0 Å². The van der Waals surface area contributed by atoms with Crippen LogP contribution < -0.4 is 5.32 Å². The predicted molar refractivity (Wildman–Crippen MR) is 81.3 cm³/mol. The molecule has 1 saturated carbocycles. The summed E-state index contributed by atoms with van der Waals surface area (Å²) in [6, 6.07) is 9.33. The van der Waals surface area contributed by atoms with Crippen LogP contribution in [0.25, 0.3) is 0 Å². The maximum atomic E-state index is 3.94. The lowest BCUT2D eigenvalue weighted by Gasteiger charge is -2.46. The highest BCUT2D eigenvalue weighted by Gasteiger charge is 2.41.